The molecular formula is C12H10ClF3N2. The van der Waals surface area contributed by atoms with Gasteiger partial charge in [0, 0.05) is 5.56 Å². The van der Waals surface area contributed by atoms with Crippen LogP contribution in [0, 0.1) is 6.92 Å². The van der Waals surface area contributed by atoms with Crippen LogP contribution in [0.4, 0.5) is 13.2 Å². The third kappa shape index (κ3) is 2.22. The number of para-hydroxylation sites is 1. The van der Waals surface area contributed by atoms with E-state index >= 15 is 0 Å². The van der Waals surface area contributed by atoms with Crippen LogP contribution in [0.25, 0.3) is 5.69 Å². The summed E-state index contributed by atoms with van der Waals surface area (Å²) in [6.45, 7) is 1.73. The van der Waals surface area contributed by atoms with Gasteiger partial charge in [-0.2, -0.15) is 18.3 Å². The van der Waals surface area contributed by atoms with Crippen molar-refractivity contribution in [2.45, 2.75) is 19.0 Å². The molecule has 0 aliphatic rings. The van der Waals surface area contributed by atoms with Crippen molar-refractivity contribution in [3.05, 3.63) is 47.3 Å². The van der Waals surface area contributed by atoms with Crippen molar-refractivity contribution in [1.82, 2.24) is 9.78 Å². The van der Waals surface area contributed by atoms with Crippen molar-refractivity contribution in [2.75, 3.05) is 0 Å². The number of rotatable bonds is 2. The molecule has 0 saturated carbocycles. The highest BCUT2D eigenvalue weighted by Gasteiger charge is 2.38. The van der Waals surface area contributed by atoms with Crippen LogP contribution >= 0.6 is 11.6 Å². The van der Waals surface area contributed by atoms with E-state index in [1.807, 2.05) is 0 Å². The second-order valence-electron chi connectivity index (χ2n) is 3.85. The first kappa shape index (κ1) is 13.0. The van der Waals surface area contributed by atoms with Crippen molar-refractivity contribution >= 4 is 11.6 Å². The van der Waals surface area contributed by atoms with Gasteiger partial charge in [-0.15, -0.1) is 11.6 Å². The largest absolute Gasteiger partial charge is 0.433 e. The monoisotopic (exact) mass is 274 g/mol. The van der Waals surface area contributed by atoms with Gasteiger partial charge in [-0.25, -0.2) is 4.68 Å². The number of alkyl halides is 4. The van der Waals surface area contributed by atoms with Gasteiger partial charge in [-0.3, -0.25) is 0 Å². The smallest absolute Gasteiger partial charge is 0.228 e. The van der Waals surface area contributed by atoms with Crippen LogP contribution in [0.15, 0.2) is 30.5 Å². The lowest BCUT2D eigenvalue weighted by molar-refractivity contribution is -0.143. The molecule has 2 nitrogen and oxygen atoms in total. The van der Waals surface area contributed by atoms with Gasteiger partial charge in [-0.05, 0) is 18.6 Å². The predicted molar refractivity (Wildman–Crippen MR) is 62.9 cm³/mol. The minimum Gasteiger partial charge on any atom is -0.228 e. The Morgan fingerprint density at radius 2 is 1.94 bits per heavy atom. The second kappa shape index (κ2) is 4.65. The lowest BCUT2D eigenvalue weighted by atomic mass is 10.2. The van der Waals surface area contributed by atoms with Crippen LogP contribution in [-0.4, -0.2) is 9.78 Å². The van der Waals surface area contributed by atoms with Gasteiger partial charge in [0.25, 0.3) is 0 Å². The van der Waals surface area contributed by atoms with E-state index in [1.54, 1.807) is 31.2 Å². The molecule has 1 heterocycles. The molecule has 0 aliphatic heterocycles. The van der Waals surface area contributed by atoms with Crippen LogP contribution < -0.4 is 0 Å². The van der Waals surface area contributed by atoms with Gasteiger partial charge >= 0.3 is 6.18 Å². The molecule has 1 aromatic heterocycles. The summed E-state index contributed by atoms with van der Waals surface area (Å²) in [5, 5.41) is 3.80. The zero-order valence-electron chi connectivity index (χ0n) is 9.50. The first-order valence-electron chi connectivity index (χ1n) is 5.21. The summed E-state index contributed by atoms with van der Waals surface area (Å²) in [6, 6.07) is 6.76. The Hall–Kier alpha value is -1.49. The van der Waals surface area contributed by atoms with E-state index in [2.05, 4.69) is 5.10 Å². The van der Waals surface area contributed by atoms with Crippen LogP contribution in [-0.2, 0) is 12.1 Å². The molecule has 0 radical (unpaired) electrons. The summed E-state index contributed by atoms with van der Waals surface area (Å²) in [4.78, 5) is 0. The number of benzene rings is 1. The topological polar surface area (TPSA) is 17.8 Å². The zero-order valence-corrected chi connectivity index (χ0v) is 10.3. The van der Waals surface area contributed by atoms with Crippen molar-refractivity contribution in [1.29, 1.82) is 0 Å². The van der Waals surface area contributed by atoms with Crippen molar-refractivity contribution in [2.24, 2.45) is 0 Å². The summed E-state index contributed by atoms with van der Waals surface area (Å²) >= 11 is 5.53. The Morgan fingerprint density at radius 1 is 1.28 bits per heavy atom. The molecule has 0 bridgehead atoms. The number of nitrogens with zero attached hydrogens (tertiary/aromatic N) is 2. The summed E-state index contributed by atoms with van der Waals surface area (Å²) in [7, 11) is 0. The summed E-state index contributed by atoms with van der Waals surface area (Å²) in [6.07, 6.45) is -3.33. The normalized spacial score (nSPS) is 11.8. The highest BCUT2D eigenvalue weighted by Crippen LogP contribution is 2.34. The number of hydrogen-bond acceptors (Lipinski definition) is 1. The Morgan fingerprint density at radius 3 is 2.50 bits per heavy atom. The van der Waals surface area contributed by atoms with Gasteiger partial charge in [0.15, 0.2) is 5.69 Å². The molecule has 18 heavy (non-hydrogen) atoms. The quantitative estimate of drug-likeness (QED) is 0.759. The summed E-state index contributed by atoms with van der Waals surface area (Å²) in [5.74, 6) is -0.222. The third-order valence-corrected chi connectivity index (χ3v) is 2.89. The maximum Gasteiger partial charge on any atom is 0.433 e. The first-order chi connectivity index (χ1) is 8.45. The Balaban J connectivity index is 2.66. The minimum absolute atomic E-state index is 0.0209. The van der Waals surface area contributed by atoms with Gasteiger partial charge in [0.1, 0.15) is 0 Å². The lowest BCUT2D eigenvalue weighted by Gasteiger charge is -2.13. The number of hydrogen-bond donors (Lipinski definition) is 0. The molecule has 96 valence electrons. The molecule has 0 saturated heterocycles. The first-order valence-corrected chi connectivity index (χ1v) is 5.74. The van der Waals surface area contributed by atoms with Gasteiger partial charge in [0.2, 0.25) is 0 Å². The minimum atomic E-state index is -4.48. The molecule has 0 amide bonds. The Kier molecular flexibility index (Phi) is 3.34. The standard InChI is InChI=1S/C12H10ClF3N2/c1-8-4-2-3-5-10(8)18-11(12(14,15)16)9(6-13)7-17-18/h2-5,7H,6H2,1H3. The molecule has 0 spiro atoms. The van der Waals surface area contributed by atoms with E-state index in [4.69, 9.17) is 11.6 Å². The second-order valence-corrected chi connectivity index (χ2v) is 4.12. The number of aryl methyl sites for hydroxylation is 1. The fourth-order valence-corrected chi connectivity index (χ4v) is 1.96. The van der Waals surface area contributed by atoms with Gasteiger partial charge < -0.3 is 0 Å². The molecule has 0 fully saturated rings. The van der Waals surface area contributed by atoms with Crippen molar-refractivity contribution in [3.8, 4) is 5.69 Å². The molecule has 0 unspecified atom stereocenters. The van der Waals surface area contributed by atoms with Crippen LogP contribution in [0.1, 0.15) is 16.8 Å². The van der Waals surface area contributed by atoms with Crippen molar-refractivity contribution < 1.29 is 13.2 Å². The number of halogens is 4. The number of aromatic nitrogens is 2. The van der Waals surface area contributed by atoms with Crippen LogP contribution in [0.3, 0.4) is 0 Å². The highest BCUT2D eigenvalue weighted by molar-refractivity contribution is 6.17. The van der Waals surface area contributed by atoms with E-state index in [-0.39, 0.29) is 11.4 Å². The zero-order chi connectivity index (χ0) is 13.3. The fraction of sp³-hybridized carbons (Fsp3) is 0.250. The van der Waals surface area contributed by atoms with E-state index in [9.17, 15) is 13.2 Å². The highest BCUT2D eigenvalue weighted by atomic mass is 35.5. The fourth-order valence-electron chi connectivity index (χ4n) is 1.77. The average Bonchev–Trinajstić information content (AvgIpc) is 2.73. The molecule has 0 atom stereocenters. The van der Waals surface area contributed by atoms with E-state index in [0.29, 0.717) is 11.3 Å². The Labute approximate surface area is 107 Å². The molecule has 0 aliphatic carbocycles. The molecule has 2 rings (SSSR count). The maximum atomic E-state index is 13.0. The lowest BCUT2D eigenvalue weighted by Crippen LogP contribution is -2.15. The molecule has 0 N–H and O–H groups in total. The van der Waals surface area contributed by atoms with Gasteiger partial charge in [-0.1, -0.05) is 18.2 Å². The van der Waals surface area contributed by atoms with Crippen molar-refractivity contribution in [3.63, 3.8) is 0 Å². The van der Waals surface area contributed by atoms with Crippen LogP contribution in [0.5, 0.6) is 0 Å². The summed E-state index contributed by atoms with van der Waals surface area (Å²) < 4.78 is 40.0. The average molecular weight is 275 g/mol. The summed E-state index contributed by atoms with van der Waals surface area (Å²) in [5.41, 5.74) is 0.285. The van der Waals surface area contributed by atoms with E-state index < -0.39 is 11.9 Å². The molecule has 1 aromatic carbocycles. The Bertz CT molecular complexity index is 561. The SMILES string of the molecule is Cc1ccccc1-n1ncc(CCl)c1C(F)(F)F. The molecular weight excluding hydrogens is 265 g/mol. The van der Waals surface area contributed by atoms with Gasteiger partial charge in [0.05, 0.1) is 17.8 Å². The molecule has 6 heteroatoms. The van der Waals surface area contributed by atoms with E-state index in [1.165, 1.54) is 0 Å². The molecule has 2 aromatic rings. The van der Waals surface area contributed by atoms with E-state index in [0.717, 1.165) is 10.9 Å². The predicted octanol–water partition coefficient (Wildman–Crippen LogP) is 3.94. The third-order valence-electron chi connectivity index (χ3n) is 2.60. The maximum absolute atomic E-state index is 13.0. The van der Waals surface area contributed by atoms with Crippen LogP contribution in [0.2, 0.25) is 0 Å².